The molecule has 0 saturated heterocycles. The fourth-order valence-corrected chi connectivity index (χ4v) is 3.42. The number of aromatic amines is 1. The number of rotatable bonds is 7. The van der Waals surface area contributed by atoms with Crippen LogP contribution in [0, 0.1) is 0 Å². The molecular formula is C22H20N6O3. The normalized spacial score (nSPS) is 13.3. The number of aromatic nitrogens is 4. The summed E-state index contributed by atoms with van der Waals surface area (Å²) in [7, 11) is 1.51. The van der Waals surface area contributed by atoms with Gasteiger partial charge in [-0.2, -0.15) is 15.1 Å². The minimum atomic E-state index is -0.992. The second-order valence-corrected chi connectivity index (χ2v) is 7.33. The molecule has 2 heterocycles. The van der Waals surface area contributed by atoms with E-state index in [2.05, 4.69) is 25.5 Å². The number of para-hydroxylation sites is 1. The molecule has 9 nitrogen and oxygen atoms in total. The van der Waals surface area contributed by atoms with Gasteiger partial charge in [-0.05, 0) is 49.2 Å². The SMILES string of the molecule is CON(c1ccc(C(=O)O)cc1)c1nc(Nc2cc(C3CC3)[nH]n2)c2ccccc2n1. The molecule has 156 valence electrons. The first-order chi connectivity index (χ1) is 15.1. The number of benzene rings is 2. The van der Waals surface area contributed by atoms with Crippen LogP contribution in [-0.4, -0.2) is 38.4 Å². The number of carboxylic acid groups (broad SMARTS) is 1. The van der Waals surface area contributed by atoms with Gasteiger partial charge in [-0.1, -0.05) is 12.1 Å². The van der Waals surface area contributed by atoms with Crippen molar-refractivity contribution in [3.63, 3.8) is 0 Å². The molecule has 1 aliphatic rings. The van der Waals surface area contributed by atoms with Crippen LogP contribution in [0.2, 0.25) is 0 Å². The van der Waals surface area contributed by atoms with E-state index in [0.29, 0.717) is 29.2 Å². The van der Waals surface area contributed by atoms with Crippen LogP contribution in [0.15, 0.2) is 54.6 Å². The third-order valence-corrected chi connectivity index (χ3v) is 5.17. The van der Waals surface area contributed by atoms with Crippen molar-refractivity contribution < 1.29 is 14.7 Å². The molecule has 9 heteroatoms. The Morgan fingerprint density at radius 3 is 2.65 bits per heavy atom. The van der Waals surface area contributed by atoms with E-state index in [1.807, 2.05) is 30.3 Å². The predicted molar refractivity (Wildman–Crippen MR) is 116 cm³/mol. The van der Waals surface area contributed by atoms with Gasteiger partial charge >= 0.3 is 5.97 Å². The molecule has 3 N–H and O–H groups in total. The highest BCUT2D eigenvalue weighted by atomic mass is 16.7. The molecule has 0 spiro atoms. The molecule has 31 heavy (non-hydrogen) atoms. The average Bonchev–Trinajstić information content (AvgIpc) is 3.53. The quantitative estimate of drug-likeness (QED) is 0.380. The predicted octanol–water partition coefficient (Wildman–Crippen LogP) is 4.37. The highest BCUT2D eigenvalue weighted by molar-refractivity contribution is 5.92. The molecule has 1 fully saturated rings. The van der Waals surface area contributed by atoms with Crippen molar-refractivity contribution in [2.75, 3.05) is 17.5 Å². The Kier molecular flexibility index (Phi) is 4.72. The lowest BCUT2D eigenvalue weighted by molar-refractivity contribution is 0.0697. The smallest absolute Gasteiger partial charge is 0.335 e. The van der Waals surface area contributed by atoms with Gasteiger partial charge in [0, 0.05) is 23.1 Å². The Labute approximate surface area is 177 Å². The summed E-state index contributed by atoms with van der Waals surface area (Å²) < 4.78 is 0. The van der Waals surface area contributed by atoms with Crippen molar-refractivity contribution in [2.24, 2.45) is 0 Å². The number of carboxylic acids is 1. The number of carbonyl (C=O) groups is 1. The van der Waals surface area contributed by atoms with Crippen molar-refractivity contribution >= 4 is 40.1 Å². The van der Waals surface area contributed by atoms with Crippen molar-refractivity contribution in [2.45, 2.75) is 18.8 Å². The second kappa shape index (κ2) is 7.69. The molecule has 1 saturated carbocycles. The first-order valence-corrected chi connectivity index (χ1v) is 9.89. The molecule has 0 amide bonds. The van der Waals surface area contributed by atoms with Crippen LogP contribution in [0.5, 0.6) is 0 Å². The summed E-state index contributed by atoms with van der Waals surface area (Å²) in [5.74, 6) is 1.17. The molecule has 0 unspecified atom stereocenters. The van der Waals surface area contributed by atoms with Gasteiger partial charge in [0.1, 0.15) is 5.82 Å². The molecule has 2 aromatic carbocycles. The van der Waals surface area contributed by atoms with Crippen LogP contribution in [-0.2, 0) is 4.84 Å². The van der Waals surface area contributed by atoms with Crippen molar-refractivity contribution in [3.8, 4) is 0 Å². The average molecular weight is 416 g/mol. The standard InChI is InChI=1S/C22H20N6O3/c1-31-28(15-10-8-14(9-11-15)21(29)30)22-23-17-5-3-2-4-16(17)20(25-22)24-19-12-18(26-27-19)13-6-7-13/h2-5,8-13H,6-7H2,1H3,(H,29,30)(H2,23,24,25,26,27). The first-order valence-electron chi connectivity index (χ1n) is 9.89. The van der Waals surface area contributed by atoms with Gasteiger partial charge in [0.25, 0.3) is 5.95 Å². The van der Waals surface area contributed by atoms with Crippen LogP contribution >= 0.6 is 0 Å². The van der Waals surface area contributed by atoms with E-state index in [9.17, 15) is 4.79 Å². The minimum Gasteiger partial charge on any atom is -0.478 e. The summed E-state index contributed by atoms with van der Waals surface area (Å²) in [5.41, 5.74) is 2.64. The zero-order valence-corrected chi connectivity index (χ0v) is 16.7. The van der Waals surface area contributed by atoms with Crippen LogP contribution in [0.25, 0.3) is 10.9 Å². The Morgan fingerprint density at radius 1 is 1.16 bits per heavy atom. The third-order valence-electron chi connectivity index (χ3n) is 5.17. The highest BCUT2D eigenvalue weighted by Gasteiger charge is 2.25. The van der Waals surface area contributed by atoms with Gasteiger partial charge in [0.15, 0.2) is 5.82 Å². The van der Waals surface area contributed by atoms with E-state index in [4.69, 9.17) is 9.94 Å². The van der Waals surface area contributed by atoms with Gasteiger partial charge < -0.3 is 10.4 Å². The Balaban J connectivity index is 1.53. The van der Waals surface area contributed by atoms with E-state index in [1.54, 1.807) is 12.1 Å². The Bertz CT molecular complexity index is 1250. The molecular weight excluding hydrogens is 396 g/mol. The summed E-state index contributed by atoms with van der Waals surface area (Å²) >= 11 is 0. The fraction of sp³-hybridized carbons (Fsp3) is 0.182. The number of nitrogens with one attached hydrogen (secondary N) is 2. The second-order valence-electron chi connectivity index (χ2n) is 7.33. The van der Waals surface area contributed by atoms with Gasteiger partial charge in [-0.3, -0.25) is 9.94 Å². The maximum Gasteiger partial charge on any atom is 0.335 e. The summed E-state index contributed by atoms with van der Waals surface area (Å²) in [6.45, 7) is 0. The first kappa shape index (κ1) is 19.0. The molecule has 2 aromatic heterocycles. The van der Waals surface area contributed by atoms with E-state index in [-0.39, 0.29) is 5.56 Å². The van der Waals surface area contributed by atoms with E-state index >= 15 is 0 Å². The number of aromatic carboxylic acids is 1. The number of anilines is 4. The number of H-pyrrole nitrogens is 1. The summed E-state index contributed by atoms with van der Waals surface area (Å²) in [6.07, 6.45) is 2.37. The highest BCUT2D eigenvalue weighted by Crippen LogP contribution is 2.40. The number of fused-ring (bicyclic) bond motifs is 1. The zero-order valence-electron chi connectivity index (χ0n) is 16.7. The van der Waals surface area contributed by atoms with Gasteiger partial charge in [0.2, 0.25) is 0 Å². The number of hydrogen-bond donors (Lipinski definition) is 3. The molecule has 0 atom stereocenters. The largest absolute Gasteiger partial charge is 0.478 e. The van der Waals surface area contributed by atoms with Crippen molar-refractivity contribution in [3.05, 3.63) is 65.9 Å². The summed E-state index contributed by atoms with van der Waals surface area (Å²) in [6, 6.07) is 16.0. The maximum absolute atomic E-state index is 11.1. The van der Waals surface area contributed by atoms with Crippen LogP contribution in [0.4, 0.5) is 23.3 Å². The Morgan fingerprint density at radius 2 is 1.94 bits per heavy atom. The van der Waals surface area contributed by atoms with Gasteiger partial charge in [0.05, 0.1) is 23.9 Å². The van der Waals surface area contributed by atoms with Gasteiger partial charge in [-0.15, -0.1) is 0 Å². The van der Waals surface area contributed by atoms with E-state index in [0.717, 1.165) is 16.6 Å². The Hall–Kier alpha value is -3.98. The van der Waals surface area contributed by atoms with Crippen LogP contribution < -0.4 is 10.4 Å². The number of hydrogen-bond acceptors (Lipinski definition) is 7. The van der Waals surface area contributed by atoms with Crippen molar-refractivity contribution in [1.29, 1.82) is 0 Å². The minimum absolute atomic E-state index is 0.187. The molecule has 0 bridgehead atoms. The molecule has 0 aliphatic heterocycles. The summed E-state index contributed by atoms with van der Waals surface area (Å²) in [5, 5.41) is 22.2. The van der Waals surface area contributed by atoms with Crippen LogP contribution in [0.3, 0.4) is 0 Å². The van der Waals surface area contributed by atoms with E-state index < -0.39 is 5.97 Å². The van der Waals surface area contributed by atoms with E-state index in [1.165, 1.54) is 37.1 Å². The fourth-order valence-electron chi connectivity index (χ4n) is 3.42. The topological polar surface area (TPSA) is 116 Å². The molecule has 4 aromatic rings. The zero-order chi connectivity index (χ0) is 21.4. The maximum atomic E-state index is 11.1. The third kappa shape index (κ3) is 3.78. The molecule has 5 rings (SSSR count). The lowest BCUT2D eigenvalue weighted by Crippen LogP contribution is -2.18. The van der Waals surface area contributed by atoms with Crippen molar-refractivity contribution in [1.82, 2.24) is 20.2 Å². The monoisotopic (exact) mass is 416 g/mol. The van der Waals surface area contributed by atoms with Gasteiger partial charge in [-0.25, -0.2) is 9.78 Å². The lowest BCUT2D eigenvalue weighted by atomic mass is 10.2. The van der Waals surface area contributed by atoms with Crippen LogP contribution in [0.1, 0.15) is 34.8 Å². The lowest BCUT2D eigenvalue weighted by Gasteiger charge is -2.21. The summed E-state index contributed by atoms with van der Waals surface area (Å²) in [4.78, 5) is 26.0. The molecule has 0 radical (unpaired) electrons. The molecule has 1 aliphatic carbocycles. The number of nitrogens with zero attached hydrogens (tertiary/aromatic N) is 4.